The summed E-state index contributed by atoms with van der Waals surface area (Å²) in [6.07, 6.45) is 63.0. The van der Waals surface area contributed by atoms with Crippen LogP contribution in [0.1, 0.15) is 316 Å². The van der Waals surface area contributed by atoms with E-state index in [1.165, 1.54) is 238 Å². The number of aliphatic hydroxyl groups excluding tert-OH is 6. The number of rotatable bonds is 57. The van der Waals surface area contributed by atoms with Crippen molar-refractivity contribution in [3.05, 3.63) is 36.5 Å². The fourth-order valence-electron chi connectivity index (χ4n) is 10.6. The van der Waals surface area contributed by atoms with E-state index < -0.39 is 61.5 Å². The van der Waals surface area contributed by atoms with E-state index in [2.05, 4.69) is 43.5 Å². The molecule has 7 N–H and O–H groups in total. The number of aliphatic hydroxyl groups is 6. The molecule has 10 nitrogen and oxygen atoms in total. The molecular formula is C66H125NO9. The average molecular weight is 1080 g/mol. The van der Waals surface area contributed by atoms with Gasteiger partial charge in [0.1, 0.15) is 30.5 Å². The van der Waals surface area contributed by atoms with Crippen LogP contribution in [-0.4, -0.2) is 98.7 Å². The second-order valence-corrected chi connectivity index (χ2v) is 23.0. The number of unbranched alkanes of at least 4 members (excludes halogenated alkanes) is 42. The fraction of sp³-hybridized carbons (Fsp3) is 0.894. The van der Waals surface area contributed by atoms with Crippen LogP contribution < -0.4 is 5.32 Å². The van der Waals surface area contributed by atoms with E-state index in [1.54, 1.807) is 6.08 Å². The molecule has 1 saturated heterocycles. The second-order valence-electron chi connectivity index (χ2n) is 23.0. The Hall–Kier alpha value is -1.63. The number of hydrogen-bond acceptors (Lipinski definition) is 9. The summed E-state index contributed by atoms with van der Waals surface area (Å²) in [7, 11) is 0. The van der Waals surface area contributed by atoms with Crippen LogP contribution in [0.25, 0.3) is 0 Å². The molecule has 0 aromatic carbocycles. The van der Waals surface area contributed by atoms with Crippen LogP contribution in [0.2, 0.25) is 0 Å². The van der Waals surface area contributed by atoms with Crippen molar-refractivity contribution in [1.29, 1.82) is 0 Å². The van der Waals surface area contributed by atoms with Gasteiger partial charge < -0.3 is 45.4 Å². The van der Waals surface area contributed by atoms with Gasteiger partial charge in [-0.1, -0.05) is 307 Å². The first kappa shape index (κ1) is 72.4. The Bertz CT molecular complexity index is 1310. The highest BCUT2D eigenvalue weighted by Crippen LogP contribution is 2.23. The zero-order chi connectivity index (χ0) is 55.2. The maximum Gasteiger partial charge on any atom is 0.249 e. The molecule has 0 radical (unpaired) electrons. The van der Waals surface area contributed by atoms with E-state index in [0.717, 1.165) is 44.9 Å². The lowest BCUT2D eigenvalue weighted by Gasteiger charge is -2.40. The van der Waals surface area contributed by atoms with Crippen molar-refractivity contribution in [1.82, 2.24) is 5.32 Å². The topological polar surface area (TPSA) is 169 Å². The first-order valence-corrected chi connectivity index (χ1v) is 32.8. The molecule has 10 heteroatoms. The molecule has 0 aromatic rings. The highest BCUT2D eigenvalue weighted by molar-refractivity contribution is 5.80. The normalized spacial score (nSPS) is 19.4. The number of hydrogen-bond donors (Lipinski definition) is 7. The Morgan fingerprint density at radius 2 is 0.776 bits per heavy atom. The molecule has 1 aliphatic heterocycles. The van der Waals surface area contributed by atoms with Crippen molar-refractivity contribution in [2.24, 2.45) is 0 Å². The summed E-state index contributed by atoms with van der Waals surface area (Å²) in [5.41, 5.74) is 0. The van der Waals surface area contributed by atoms with Gasteiger partial charge in [0.2, 0.25) is 5.91 Å². The standard InChI is InChI=1S/C66H125NO9/c1-3-5-7-9-11-13-15-17-19-20-21-22-23-24-25-26-27-28-29-30-31-32-33-34-35-36-37-38-39-41-43-45-47-49-51-53-55-60(70)65(74)67-58(57-75-66-64(73)63(72)62(71)61(56-68)76-66)59(69)54-52-50-48-46-44-42-40-18-16-14-12-10-8-6-4-2/h16,18,44,46,52,54,58-64,66,68-73H,3-15,17,19-43,45,47-51,53,55-57H2,1-2H3,(H,67,74)/b18-16+,46-44+,54-52+. The molecule has 76 heavy (non-hydrogen) atoms. The van der Waals surface area contributed by atoms with Gasteiger partial charge in [-0.15, -0.1) is 0 Å². The average Bonchev–Trinajstić information content (AvgIpc) is 3.42. The minimum Gasteiger partial charge on any atom is -0.394 e. The van der Waals surface area contributed by atoms with Gasteiger partial charge in [0.15, 0.2) is 6.29 Å². The Morgan fingerprint density at radius 1 is 0.447 bits per heavy atom. The van der Waals surface area contributed by atoms with Gasteiger partial charge in [0, 0.05) is 0 Å². The van der Waals surface area contributed by atoms with E-state index in [4.69, 9.17) is 9.47 Å². The third kappa shape index (κ3) is 43.2. The summed E-state index contributed by atoms with van der Waals surface area (Å²) in [5, 5.41) is 65.0. The lowest BCUT2D eigenvalue weighted by atomic mass is 9.99. The summed E-state index contributed by atoms with van der Waals surface area (Å²) in [5.74, 6) is -0.625. The number of nitrogens with one attached hydrogen (secondary N) is 1. The monoisotopic (exact) mass is 1080 g/mol. The lowest BCUT2D eigenvalue weighted by molar-refractivity contribution is -0.302. The van der Waals surface area contributed by atoms with Crippen LogP contribution in [0.4, 0.5) is 0 Å². The molecule has 0 saturated carbocycles. The highest BCUT2D eigenvalue weighted by Gasteiger charge is 2.44. The van der Waals surface area contributed by atoms with Crippen LogP contribution in [0, 0.1) is 0 Å². The zero-order valence-electron chi connectivity index (χ0n) is 49.6. The maximum atomic E-state index is 13.1. The molecule has 8 unspecified atom stereocenters. The molecule has 0 bridgehead atoms. The largest absolute Gasteiger partial charge is 0.394 e. The van der Waals surface area contributed by atoms with Gasteiger partial charge in [-0.2, -0.15) is 0 Å². The van der Waals surface area contributed by atoms with Crippen molar-refractivity contribution >= 4 is 5.91 Å². The predicted octanol–water partition coefficient (Wildman–Crippen LogP) is 16.1. The molecule has 1 amide bonds. The Labute approximate surface area is 468 Å². The van der Waals surface area contributed by atoms with Crippen molar-refractivity contribution in [2.75, 3.05) is 13.2 Å². The summed E-state index contributed by atoms with van der Waals surface area (Å²) in [6.45, 7) is 3.61. The summed E-state index contributed by atoms with van der Waals surface area (Å²) in [4.78, 5) is 13.1. The summed E-state index contributed by atoms with van der Waals surface area (Å²) >= 11 is 0. The van der Waals surface area contributed by atoms with Gasteiger partial charge in [0.25, 0.3) is 0 Å². The SMILES string of the molecule is CCCCCCC/C=C/CC/C=C/CC/C=C/C(O)C(COC1OC(CO)C(O)C(O)C1O)NC(=O)C(O)CCCCCCCCCCCCCCCCCCCCCCCCCCCCCCCCCCCCCC. The number of allylic oxidation sites excluding steroid dienone is 5. The zero-order valence-corrected chi connectivity index (χ0v) is 49.6. The smallest absolute Gasteiger partial charge is 0.249 e. The maximum absolute atomic E-state index is 13.1. The van der Waals surface area contributed by atoms with Gasteiger partial charge in [-0.25, -0.2) is 0 Å². The molecule has 1 fully saturated rings. The number of carbonyl (C=O) groups excluding carboxylic acids is 1. The molecule has 0 spiro atoms. The van der Waals surface area contributed by atoms with Crippen LogP contribution >= 0.6 is 0 Å². The first-order valence-electron chi connectivity index (χ1n) is 32.8. The molecular weight excluding hydrogens is 951 g/mol. The van der Waals surface area contributed by atoms with Gasteiger partial charge in [-0.05, 0) is 44.9 Å². The fourth-order valence-corrected chi connectivity index (χ4v) is 10.6. The molecule has 1 heterocycles. The third-order valence-corrected chi connectivity index (χ3v) is 15.8. The van der Waals surface area contributed by atoms with E-state index in [-0.39, 0.29) is 6.61 Å². The number of amides is 1. The molecule has 448 valence electrons. The first-order chi connectivity index (χ1) is 37.3. The lowest BCUT2D eigenvalue weighted by Crippen LogP contribution is -2.60. The molecule has 0 aliphatic carbocycles. The van der Waals surface area contributed by atoms with Crippen molar-refractivity contribution in [3.8, 4) is 0 Å². The Balaban J connectivity index is 2.10. The second kappa shape index (κ2) is 55.3. The molecule has 1 rings (SSSR count). The quantitative estimate of drug-likeness (QED) is 0.0232. The van der Waals surface area contributed by atoms with Crippen LogP contribution in [0.3, 0.4) is 0 Å². The number of carbonyl (C=O) groups is 1. The van der Waals surface area contributed by atoms with Crippen LogP contribution in [0.15, 0.2) is 36.5 Å². The van der Waals surface area contributed by atoms with Gasteiger partial charge in [-0.3, -0.25) is 4.79 Å². The highest BCUT2D eigenvalue weighted by atomic mass is 16.7. The Morgan fingerprint density at radius 3 is 1.14 bits per heavy atom. The van der Waals surface area contributed by atoms with Crippen LogP contribution in [-0.2, 0) is 14.3 Å². The molecule has 8 atom stereocenters. The van der Waals surface area contributed by atoms with E-state index in [0.29, 0.717) is 19.3 Å². The van der Waals surface area contributed by atoms with Gasteiger partial charge in [0.05, 0.1) is 25.4 Å². The minimum absolute atomic E-state index is 0.304. The van der Waals surface area contributed by atoms with E-state index in [9.17, 15) is 35.4 Å². The molecule has 1 aliphatic rings. The minimum atomic E-state index is -1.62. The van der Waals surface area contributed by atoms with Crippen LogP contribution in [0.5, 0.6) is 0 Å². The predicted molar refractivity (Wildman–Crippen MR) is 319 cm³/mol. The third-order valence-electron chi connectivity index (χ3n) is 15.8. The van der Waals surface area contributed by atoms with Crippen molar-refractivity contribution in [3.63, 3.8) is 0 Å². The summed E-state index contributed by atoms with van der Waals surface area (Å²) in [6, 6.07) is -1.00. The van der Waals surface area contributed by atoms with Crippen molar-refractivity contribution < 1.29 is 44.9 Å². The van der Waals surface area contributed by atoms with Crippen molar-refractivity contribution in [2.45, 2.75) is 365 Å². The number of ether oxygens (including phenoxy) is 2. The molecule has 0 aromatic heterocycles. The van der Waals surface area contributed by atoms with E-state index >= 15 is 0 Å². The summed E-state index contributed by atoms with van der Waals surface area (Å²) < 4.78 is 11.2. The van der Waals surface area contributed by atoms with Gasteiger partial charge >= 0.3 is 0 Å². The van der Waals surface area contributed by atoms with E-state index in [1.807, 2.05) is 6.08 Å². The Kier molecular flexibility index (Phi) is 52.7.